The molecule has 0 aromatic heterocycles. The summed E-state index contributed by atoms with van der Waals surface area (Å²) in [6, 6.07) is 8.58. The minimum Gasteiger partial charge on any atom is -0.492 e. The summed E-state index contributed by atoms with van der Waals surface area (Å²) in [6.07, 6.45) is 4.50. The number of para-hydroxylation sites is 1. The van der Waals surface area contributed by atoms with E-state index in [1.165, 1.54) is 12.8 Å². The van der Waals surface area contributed by atoms with Crippen LogP contribution in [-0.2, 0) is 6.54 Å². The predicted octanol–water partition coefficient (Wildman–Crippen LogP) is 1.76. The lowest BCUT2D eigenvalue weighted by Gasteiger charge is -2.24. The average molecular weight is 278 g/mol. The van der Waals surface area contributed by atoms with Crippen molar-refractivity contribution in [2.24, 2.45) is 5.73 Å². The summed E-state index contributed by atoms with van der Waals surface area (Å²) in [4.78, 5) is 2.49. The molecule has 0 radical (unpaired) electrons. The van der Waals surface area contributed by atoms with Crippen LogP contribution in [0, 0.1) is 0 Å². The van der Waals surface area contributed by atoms with Crippen LogP contribution in [0.1, 0.15) is 31.2 Å². The summed E-state index contributed by atoms with van der Waals surface area (Å²) in [7, 11) is 0. The molecular formula is C16H26N2O2. The lowest BCUT2D eigenvalue weighted by Crippen LogP contribution is -2.33. The molecule has 4 nitrogen and oxygen atoms in total. The van der Waals surface area contributed by atoms with E-state index in [-0.39, 0.29) is 0 Å². The number of hydrogen-bond donors (Lipinski definition) is 2. The number of hydrogen-bond acceptors (Lipinski definition) is 4. The molecule has 1 atom stereocenters. The van der Waals surface area contributed by atoms with Gasteiger partial charge < -0.3 is 15.6 Å². The molecule has 20 heavy (non-hydrogen) atoms. The normalized spacial score (nSPS) is 19.4. The molecule has 0 saturated carbocycles. The lowest BCUT2D eigenvalue weighted by molar-refractivity contribution is 0.180. The Hall–Kier alpha value is -1.10. The van der Waals surface area contributed by atoms with Crippen molar-refractivity contribution in [3.63, 3.8) is 0 Å². The van der Waals surface area contributed by atoms with Gasteiger partial charge >= 0.3 is 0 Å². The molecule has 1 aliphatic heterocycles. The maximum atomic E-state index is 8.94. The van der Waals surface area contributed by atoms with E-state index >= 15 is 0 Å². The summed E-state index contributed by atoms with van der Waals surface area (Å²) in [6.45, 7) is 3.61. The summed E-state index contributed by atoms with van der Waals surface area (Å²) in [5.41, 5.74) is 6.77. The van der Waals surface area contributed by atoms with Crippen molar-refractivity contribution in [2.45, 2.75) is 38.3 Å². The maximum Gasteiger partial charge on any atom is 0.123 e. The zero-order valence-electron chi connectivity index (χ0n) is 12.1. The van der Waals surface area contributed by atoms with Gasteiger partial charge in [0.2, 0.25) is 0 Å². The van der Waals surface area contributed by atoms with Crippen LogP contribution < -0.4 is 10.5 Å². The second-order valence-electron chi connectivity index (χ2n) is 5.36. The van der Waals surface area contributed by atoms with Gasteiger partial charge in [0.25, 0.3) is 0 Å². The number of benzene rings is 1. The highest BCUT2D eigenvalue weighted by atomic mass is 16.5. The molecule has 1 unspecified atom stereocenters. The first kappa shape index (κ1) is 15.3. The highest BCUT2D eigenvalue weighted by Crippen LogP contribution is 2.21. The smallest absolute Gasteiger partial charge is 0.123 e. The molecular weight excluding hydrogens is 252 g/mol. The van der Waals surface area contributed by atoms with E-state index in [4.69, 9.17) is 15.6 Å². The third-order valence-corrected chi connectivity index (χ3v) is 4.02. The van der Waals surface area contributed by atoms with Crippen molar-refractivity contribution < 1.29 is 9.84 Å². The van der Waals surface area contributed by atoms with Crippen LogP contribution in [0.4, 0.5) is 0 Å². The Labute approximate surface area is 121 Å². The first-order chi connectivity index (χ1) is 9.85. The van der Waals surface area contributed by atoms with Gasteiger partial charge in [-0.1, -0.05) is 18.2 Å². The Bertz CT molecular complexity index is 398. The van der Waals surface area contributed by atoms with Crippen molar-refractivity contribution in [3.05, 3.63) is 29.8 Å². The molecule has 1 aliphatic rings. The summed E-state index contributed by atoms with van der Waals surface area (Å²) >= 11 is 0. The predicted molar refractivity (Wildman–Crippen MR) is 80.7 cm³/mol. The van der Waals surface area contributed by atoms with E-state index in [1.54, 1.807) is 0 Å². The maximum absolute atomic E-state index is 8.94. The van der Waals surface area contributed by atoms with Gasteiger partial charge in [0.05, 0.1) is 0 Å². The summed E-state index contributed by atoms with van der Waals surface area (Å²) in [5, 5.41) is 8.94. The lowest BCUT2D eigenvalue weighted by atomic mass is 10.1. The first-order valence-corrected chi connectivity index (χ1v) is 7.61. The number of aliphatic hydroxyl groups excluding tert-OH is 1. The van der Waals surface area contributed by atoms with Gasteiger partial charge in [-0.25, -0.2) is 0 Å². The largest absolute Gasteiger partial charge is 0.492 e. The van der Waals surface area contributed by atoms with E-state index in [1.807, 2.05) is 24.3 Å². The molecule has 2 rings (SSSR count). The number of rotatable bonds is 8. The van der Waals surface area contributed by atoms with Gasteiger partial charge in [0.1, 0.15) is 12.4 Å². The van der Waals surface area contributed by atoms with Gasteiger partial charge in [0.15, 0.2) is 0 Å². The second kappa shape index (κ2) is 8.25. The van der Waals surface area contributed by atoms with E-state index < -0.39 is 0 Å². The van der Waals surface area contributed by atoms with Gasteiger partial charge in [-0.3, -0.25) is 4.90 Å². The molecule has 1 aromatic rings. The monoisotopic (exact) mass is 278 g/mol. The summed E-state index contributed by atoms with van der Waals surface area (Å²) < 4.78 is 5.87. The van der Waals surface area contributed by atoms with Crippen LogP contribution in [0.5, 0.6) is 5.75 Å². The fourth-order valence-corrected chi connectivity index (χ4v) is 2.93. The fourth-order valence-electron chi connectivity index (χ4n) is 2.93. The van der Waals surface area contributed by atoms with Crippen LogP contribution >= 0.6 is 0 Å². The highest BCUT2D eigenvalue weighted by molar-refractivity contribution is 5.32. The molecule has 1 saturated heterocycles. The third kappa shape index (κ3) is 4.20. The Morgan fingerprint density at radius 2 is 2.20 bits per heavy atom. The minimum absolute atomic E-state index is 0.296. The standard InChI is InChI=1S/C16H26N2O2/c17-13-14-5-1-2-8-16(14)20-12-10-18-9-3-6-15(18)7-4-11-19/h1-2,5,8,15,19H,3-4,6-7,9-13,17H2. The van der Waals surface area contributed by atoms with Crippen LogP contribution in [0.25, 0.3) is 0 Å². The second-order valence-corrected chi connectivity index (χ2v) is 5.36. The van der Waals surface area contributed by atoms with Crippen molar-refractivity contribution in [3.8, 4) is 5.75 Å². The van der Waals surface area contributed by atoms with Crippen molar-refractivity contribution in [1.29, 1.82) is 0 Å². The molecule has 1 heterocycles. The molecule has 0 amide bonds. The molecule has 3 N–H and O–H groups in total. The highest BCUT2D eigenvalue weighted by Gasteiger charge is 2.23. The van der Waals surface area contributed by atoms with Crippen molar-refractivity contribution in [1.82, 2.24) is 4.90 Å². The zero-order chi connectivity index (χ0) is 14.2. The van der Waals surface area contributed by atoms with E-state index in [0.29, 0.717) is 25.8 Å². The number of ether oxygens (including phenoxy) is 1. The number of aliphatic hydroxyl groups is 1. The van der Waals surface area contributed by atoms with E-state index in [0.717, 1.165) is 37.2 Å². The van der Waals surface area contributed by atoms with Gasteiger partial charge in [-0.2, -0.15) is 0 Å². The molecule has 112 valence electrons. The van der Waals surface area contributed by atoms with Crippen molar-refractivity contribution >= 4 is 0 Å². The van der Waals surface area contributed by atoms with Crippen LogP contribution in [0.15, 0.2) is 24.3 Å². The summed E-state index contributed by atoms with van der Waals surface area (Å²) in [5.74, 6) is 0.904. The minimum atomic E-state index is 0.296. The molecule has 4 heteroatoms. The number of nitrogens with zero attached hydrogens (tertiary/aromatic N) is 1. The Kier molecular flexibility index (Phi) is 6.30. The quantitative estimate of drug-likeness (QED) is 0.761. The van der Waals surface area contributed by atoms with Crippen LogP contribution in [0.2, 0.25) is 0 Å². The van der Waals surface area contributed by atoms with Gasteiger partial charge in [-0.15, -0.1) is 0 Å². The number of likely N-dealkylation sites (tertiary alicyclic amines) is 1. The third-order valence-electron chi connectivity index (χ3n) is 4.02. The average Bonchev–Trinajstić information content (AvgIpc) is 2.93. The Morgan fingerprint density at radius 1 is 1.35 bits per heavy atom. The number of nitrogens with two attached hydrogens (primary N) is 1. The van der Waals surface area contributed by atoms with E-state index in [9.17, 15) is 0 Å². The Balaban J connectivity index is 1.77. The fraction of sp³-hybridized carbons (Fsp3) is 0.625. The molecule has 0 spiro atoms. The Morgan fingerprint density at radius 3 is 3.00 bits per heavy atom. The molecule has 1 aromatic carbocycles. The first-order valence-electron chi connectivity index (χ1n) is 7.61. The van der Waals surface area contributed by atoms with Crippen LogP contribution in [-0.4, -0.2) is 42.4 Å². The molecule has 0 bridgehead atoms. The van der Waals surface area contributed by atoms with E-state index in [2.05, 4.69) is 4.90 Å². The van der Waals surface area contributed by atoms with Gasteiger partial charge in [-0.05, 0) is 38.3 Å². The SMILES string of the molecule is NCc1ccccc1OCCN1CCCC1CCCO. The van der Waals surface area contributed by atoms with Crippen molar-refractivity contribution in [2.75, 3.05) is 26.3 Å². The molecule has 1 fully saturated rings. The van der Waals surface area contributed by atoms with Crippen LogP contribution in [0.3, 0.4) is 0 Å². The zero-order valence-corrected chi connectivity index (χ0v) is 12.1. The topological polar surface area (TPSA) is 58.7 Å². The van der Waals surface area contributed by atoms with Gasteiger partial charge in [0, 0.05) is 31.3 Å². The molecule has 0 aliphatic carbocycles.